The Morgan fingerprint density at radius 1 is 1.06 bits per heavy atom. The molecule has 0 saturated heterocycles. The quantitative estimate of drug-likeness (QED) is 0.813. The van der Waals surface area contributed by atoms with E-state index in [1.165, 1.54) is 0 Å². The van der Waals surface area contributed by atoms with Gasteiger partial charge in [-0.05, 0) is 12.1 Å². The summed E-state index contributed by atoms with van der Waals surface area (Å²) in [6, 6.07) is 1.76. The molecule has 0 atom stereocenters. The minimum atomic E-state index is -1.04. The summed E-state index contributed by atoms with van der Waals surface area (Å²) in [4.78, 5) is 7.50. The number of hydrogen-bond donors (Lipinski definition) is 1. The second-order valence-corrected chi connectivity index (χ2v) is 3.95. The predicted octanol–water partition coefficient (Wildman–Crippen LogP) is 3.31. The number of anilines is 1. The molecule has 0 fully saturated rings. The van der Waals surface area contributed by atoms with Gasteiger partial charge in [-0.15, -0.1) is 0 Å². The third-order valence-electron chi connectivity index (χ3n) is 2.08. The monoisotopic (exact) mass is 275 g/mol. The van der Waals surface area contributed by atoms with Crippen LogP contribution in [0.5, 0.6) is 0 Å². The number of rotatable bonds is 1. The van der Waals surface area contributed by atoms with Gasteiger partial charge >= 0.3 is 0 Å². The summed E-state index contributed by atoms with van der Waals surface area (Å²) >= 11 is 11.7. The smallest absolute Gasteiger partial charge is 0.160 e. The molecule has 0 saturated carbocycles. The van der Waals surface area contributed by atoms with Crippen molar-refractivity contribution in [1.82, 2.24) is 9.97 Å². The van der Waals surface area contributed by atoms with Gasteiger partial charge in [-0.1, -0.05) is 23.2 Å². The third-order valence-corrected chi connectivity index (χ3v) is 2.77. The molecule has 2 N–H and O–H groups in total. The summed E-state index contributed by atoms with van der Waals surface area (Å²) in [6.07, 6.45) is 1.16. The van der Waals surface area contributed by atoms with Crippen LogP contribution in [0.2, 0.25) is 10.0 Å². The minimum Gasteiger partial charge on any atom is -0.382 e. The lowest BCUT2D eigenvalue weighted by Crippen LogP contribution is -1.97. The summed E-state index contributed by atoms with van der Waals surface area (Å²) in [5.74, 6) is -2.05. The summed E-state index contributed by atoms with van der Waals surface area (Å²) in [7, 11) is 0. The van der Waals surface area contributed by atoms with Gasteiger partial charge in [-0.25, -0.2) is 18.7 Å². The van der Waals surface area contributed by atoms with Crippen molar-refractivity contribution in [2.75, 3.05) is 5.73 Å². The topological polar surface area (TPSA) is 51.8 Å². The molecule has 0 aliphatic carbocycles. The van der Waals surface area contributed by atoms with E-state index >= 15 is 0 Å². The van der Waals surface area contributed by atoms with E-state index in [4.69, 9.17) is 28.9 Å². The Morgan fingerprint density at radius 3 is 2.41 bits per heavy atom. The van der Waals surface area contributed by atoms with Gasteiger partial charge in [0.1, 0.15) is 17.2 Å². The van der Waals surface area contributed by atoms with Gasteiger partial charge in [0, 0.05) is 5.56 Å². The molecule has 0 aliphatic rings. The lowest BCUT2D eigenvalue weighted by Gasteiger charge is -2.07. The highest BCUT2D eigenvalue weighted by molar-refractivity contribution is 6.37. The standard InChI is InChI=1S/C10H5Cl2F2N3/c11-5-2-7(14)6(13)1-4(5)9-8(12)10(15)17-3-16-9/h1-3H,(H2,15,16,17). The molecule has 3 nitrogen and oxygen atoms in total. The Bertz CT molecular complexity index is 590. The largest absolute Gasteiger partial charge is 0.382 e. The molecule has 7 heteroatoms. The van der Waals surface area contributed by atoms with Crippen LogP contribution in [0, 0.1) is 11.6 Å². The first-order valence-electron chi connectivity index (χ1n) is 4.41. The van der Waals surface area contributed by atoms with Crippen molar-refractivity contribution < 1.29 is 8.78 Å². The second kappa shape index (κ2) is 4.43. The van der Waals surface area contributed by atoms with Crippen molar-refractivity contribution in [2.45, 2.75) is 0 Å². The normalized spacial score (nSPS) is 10.6. The number of aromatic nitrogens is 2. The van der Waals surface area contributed by atoms with Crippen molar-refractivity contribution >= 4 is 29.0 Å². The number of halogens is 4. The maximum Gasteiger partial charge on any atom is 0.160 e. The Hall–Kier alpha value is -1.46. The van der Waals surface area contributed by atoms with E-state index in [2.05, 4.69) is 9.97 Å². The molecule has 1 heterocycles. The van der Waals surface area contributed by atoms with Crippen molar-refractivity contribution in [2.24, 2.45) is 0 Å². The lowest BCUT2D eigenvalue weighted by atomic mass is 10.1. The van der Waals surface area contributed by atoms with Crippen molar-refractivity contribution in [3.63, 3.8) is 0 Å². The molecule has 0 aliphatic heterocycles. The maximum absolute atomic E-state index is 13.1. The summed E-state index contributed by atoms with van der Waals surface area (Å²) in [5.41, 5.74) is 5.79. The van der Waals surface area contributed by atoms with Crippen LogP contribution >= 0.6 is 23.2 Å². The summed E-state index contributed by atoms with van der Waals surface area (Å²) in [6.45, 7) is 0. The Labute approximate surface area is 105 Å². The molecule has 2 aromatic rings. The van der Waals surface area contributed by atoms with Crippen LogP contribution in [0.15, 0.2) is 18.5 Å². The molecule has 2 rings (SSSR count). The van der Waals surface area contributed by atoms with Crippen LogP contribution in [-0.4, -0.2) is 9.97 Å². The van der Waals surface area contributed by atoms with Gasteiger partial charge in [-0.3, -0.25) is 0 Å². The van der Waals surface area contributed by atoms with Crippen LogP contribution < -0.4 is 5.73 Å². The first-order chi connectivity index (χ1) is 8.00. The van der Waals surface area contributed by atoms with Crippen LogP contribution in [0.1, 0.15) is 0 Å². The number of nitrogens with two attached hydrogens (primary N) is 1. The Balaban J connectivity index is 2.69. The van der Waals surface area contributed by atoms with Crippen LogP contribution in [-0.2, 0) is 0 Å². The van der Waals surface area contributed by atoms with Crippen LogP contribution in [0.4, 0.5) is 14.6 Å². The van der Waals surface area contributed by atoms with Gasteiger partial charge in [0.05, 0.1) is 10.7 Å². The second-order valence-electron chi connectivity index (χ2n) is 3.17. The fraction of sp³-hybridized carbons (Fsp3) is 0. The fourth-order valence-electron chi connectivity index (χ4n) is 1.28. The van der Waals surface area contributed by atoms with Crippen LogP contribution in [0.25, 0.3) is 11.3 Å². The highest BCUT2D eigenvalue weighted by Gasteiger charge is 2.15. The zero-order valence-corrected chi connectivity index (χ0v) is 9.73. The minimum absolute atomic E-state index is 0.0103. The molecule has 0 amide bonds. The maximum atomic E-state index is 13.1. The Kier molecular flexibility index (Phi) is 3.13. The highest BCUT2D eigenvalue weighted by Crippen LogP contribution is 2.34. The number of nitrogen functional groups attached to an aromatic ring is 1. The first kappa shape index (κ1) is 12.0. The summed E-state index contributed by atoms with van der Waals surface area (Å²) in [5, 5.41) is 0.0318. The molecule has 1 aromatic heterocycles. The SMILES string of the molecule is Nc1ncnc(-c2cc(F)c(F)cc2Cl)c1Cl. The van der Waals surface area contributed by atoms with Gasteiger partial charge in [0.15, 0.2) is 11.6 Å². The lowest BCUT2D eigenvalue weighted by molar-refractivity contribution is 0.509. The van der Waals surface area contributed by atoms with E-state index in [-0.39, 0.29) is 27.1 Å². The molecular weight excluding hydrogens is 271 g/mol. The van der Waals surface area contributed by atoms with E-state index in [1.807, 2.05) is 0 Å². The molecule has 0 unspecified atom stereocenters. The number of nitrogens with zero attached hydrogens (tertiary/aromatic N) is 2. The van der Waals surface area contributed by atoms with Crippen LogP contribution in [0.3, 0.4) is 0 Å². The molecule has 88 valence electrons. The van der Waals surface area contributed by atoms with Crippen molar-refractivity contribution in [3.05, 3.63) is 40.1 Å². The third kappa shape index (κ3) is 2.16. The first-order valence-corrected chi connectivity index (χ1v) is 5.17. The average molecular weight is 276 g/mol. The van der Waals surface area contributed by atoms with E-state index in [9.17, 15) is 8.78 Å². The Morgan fingerprint density at radius 2 is 1.71 bits per heavy atom. The average Bonchev–Trinajstić information content (AvgIpc) is 2.28. The zero-order chi connectivity index (χ0) is 12.6. The van der Waals surface area contributed by atoms with E-state index < -0.39 is 11.6 Å². The highest BCUT2D eigenvalue weighted by atomic mass is 35.5. The van der Waals surface area contributed by atoms with E-state index in [0.717, 1.165) is 18.5 Å². The molecule has 0 radical (unpaired) electrons. The van der Waals surface area contributed by atoms with E-state index in [1.54, 1.807) is 0 Å². The van der Waals surface area contributed by atoms with Gasteiger partial charge in [0.2, 0.25) is 0 Å². The van der Waals surface area contributed by atoms with E-state index in [0.29, 0.717) is 0 Å². The van der Waals surface area contributed by atoms with Gasteiger partial charge < -0.3 is 5.73 Å². The number of benzene rings is 1. The molecule has 0 bridgehead atoms. The predicted molar refractivity (Wildman–Crippen MR) is 61.8 cm³/mol. The zero-order valence-electron chi connectivity index (χ0n) is 8.22. The number of hydrogen-bond acceptors (Lipinski definition) is 3. The van der Waals surface area contributed by atoms with Crippen molar-refractivity contribution in [3.8, 4) is 11.3 Å². The van der Waals surface area contributed by atoms with Gasteiger partial charge in [0.25, 0.3) is 0 Å². The molecule has 0 spiro atoms. The molecular formula is C10H5Cl2F2N3. The fourth-order valence-corrected chi connectivity index (χ4v) is 1.71. The summed E-state index contributed by atoms with van der Waals surface area (Å²) < 4.78 is 26.0. The molecule has 17 heavy (non-hydrogen) atoms. The molecule has 1 aromatic carbocycles. The van der Waals surface area contributed by atoms with Crippen molar-refractivity contribution in [1.29, 1.82) is 0 Å². The van der Waals surface area contributed by atoms with Gasteiger partial charge in [-0.2, -0.15) is 0 Å².